The first kappa shape index (κ1) is 23.7. The minimum absolute atomic E-state index is 0.00879. The number of hydrogen-bond acceptors (Lipinski definition) is 6. The van der Waals surface area contributed by atoms with Crippen LogP contribution in [0.4, 0.5) is 5.69 Å². The van der Waals surface area contributed by atoms with E-state index in [1.54, 1.807) is 0 Å². The minimum Gasteiger partial charge on any atom is -0.325 e. The molecule has 3 atom stereocenters. The van der Waals surface area contributed by atoms with E-state index in [-0.39, 0.29) is 35.8 Å². The summed E-state index contributed by atoms with van der Waals surface area (Å²) in [7, 11) is 0. The molecule has 184 valence electrons. The highest BCUT2D eigenvalue weighted by atomic mass is 32.2. The van der Waals surface area contributed by atoms with Crippen LogP contribution in [-0.4, -0.2) is 51.4 Å². The first-order chi connectivity index (χ1) is 17.0. The summed E-state index contributed by atoms with van der Waals surface area (Å²) in [5, 5.41) is 8.43. The summed E-state index contributed by atoms with van der Waals surface area (Å²) in [6, 6.07) is 16.4. The van der Waals surface area contributed by atoms with E-state index in [4.69, 9.17) is 0 Å². The SMILES string of the molecule is Cc1ccc(NC(=O)CSC2=NNC3N(CCc4ccccc4)C(=O)C4CCCCC4N23)c(C)c1. The summed E-state index contributed by atoms with van der Waals surface area (Å²) in [6.07, 6.45) is 4.62. The molecule has 1 saturated heterocycles. The number of hydrazone groups is 1. The van der Waals surface area contributed by atoms with Crippen LogP contribution >= 0.6 is 11.8 Å². The molecule has 35 heavy (non-hydrogen) atoms. The molecule has 2 aromatic carbocycles. The molecule has 2 fully saturated rings. The molecule has 8 heteroatoms. The Balaban J connectivity index is 1.27. The van der Waals surface area contributed by atoms with Gasteiger partial charge in [-0.2, -0.15) is 5.10 Å². The minimum atomic E-state index is -0.282. The second-order valence-corrected chi connectivity index (χ2v) is 10.6. The predicted octanol–water partition coefficient (Wildman–Crippen LogP) is 4.08. The average molecular weight is 492 g/mol. The summed E-state index contributed by atoms with van der Waals surface area (Å²) < 4.78 is 0. The molecule has 0 aromatic heterocycles. The third-order valence-corrected chi connectivity index (χ3v) is 8.18. The smallest absolute Gasteiger partial charge is 0.234 e. The molecule has 3 unspecified atom stereocenters. The zero-order valence-corrected chi connectivity index (χ0v) is 21.2. The maximum absolute atomic E-state index is 13.5. The topological polar surface area (TPSA) is 77.0 Å². The van der Waals surface area contributed by atoms with E-state index in [0.29, 0.717) is 6.54 Å². The van der Waals surface area contributed by atoms with Gasteiger partial charge in [0.25, 0.3) is 0 Å². The molecule has 2 aliphatic heterocycles. The molecule has 5 rings (SSSR count). The number of nitrogens with zero attached hydrogens (tertiary/aromatic N) is 3. The van der Waals surface area contributed by atoms with Crippen LogP contribution in [0.15, 0.2) is 53.6 Å². The summed E-state index contributed by atoms with van der Waals surface area (Å²) in [6.45, 7) is 4.69. The fourth-order valence-corrected chi connectivity index (χ4v) is 6.28. The quantitative estimate of drug-likeness (QED) is 0.637. The van der Waals surface area contributed by atoms with E-state index in [1.807, 2.05) is 49.1 Å². The molecule has 2 N–H and O–H groups in total. The molecule has 0 spiro atoms. The molecule has 2 amide bonds. The van der Waals surface area contributed by atoms with Crippen molar-refractivity contribution < 1.29 is 9.59 Å². The van der Waals surface area contributed by atoms with Gasteiger partial charge >= 0.3 is 0 Å². The number of anilines is 1. The first-order valence-electron chi connectivity index (χ1n) is 12.5. The van der Waals surface area contributed by atoms with Gasteiger partial charge in [-0.25, -0.2) is 0 Å². The Kier molecular flexibility index (Phi) is 7.00. The van der Waals surface area contributed by atoms with Gasteiger partial charge in [0.15, 0.2) is 11.5 Å². The van der Waals surface area contributed by atoms with E-state index in [2.05, 4.69) is 38.9 Å². The largest absolute Gasteiger partial charge is 0.325 e. The number of amidine groups is 1. The Hall–Kier alpha value is -3.00. The van der Waals surface area contributed by atoms with Crippen molar-refractivity contribution in [2.24, 2.45) is 11.0 Å². The van der Waals surface area contributed by atoms with Crippen LogP contribution in [0.5, 0.6) is 0 Å². The Bertz CT molecular complexity index is 1120. The number of rotatable bonds is 6. The molecular weight excluding hydrogens is 458 g/mol. The lowest BCUT2D eigenvalue weighted by Gasteiger charge is -2.50. The van der Waals surface area contributed by atoms with Crippen molar-refractivity contribution in [1.29, 1.82) is 0 Å². The highest BCUT2D eigenvalue weighted by molar-refractivity contribution is 8.14. The summed E-state index contributed by atoms with van der Waals surface area (Å²) >= 11 is 1.44. The van der Waals surface area contributed by atoms with Gasteiger partial charge in [0, 0.05) is 18.3 Å². The van der Waals surface area contributed by atoms with Gasteiger partial charge < -0.3 is 15.1 Å². The van der Waals surface area contributed by atoms with Crippen LogP contribution in [0.3, 0.4) is 0 Å². The lowest BCUT2D eigenvalue weighted by Crippen LogP contribution is -2.67. The Morgan fingerprint density at radius 1 is 1.14 bits per heavy atom. The summed E-state index contributed by atoms with van der Waals surface area (Å²) in [5.74, 6) is 0.438. The molecular formula is C27H33N5O2S. The lowest BCUT2D eigenvalue weighted by molar-refractivity contribution is -0.155. The highest BCUT2D eigenvalue weighted by Gasteiger charge is 2.50. The van der Waals surface area contributed by atoms with Crippen molar-refractivity contribution in [2.45, 2.75) is 58.3 Å². The maximum Gasteiger partial charge on any atom is 0.234 e. The third kappa shape index (κ3) is 5.03. The Morgan fingerprint density at radius 3 is 2.74 bits per heavy atom. The van der Waals surface area contributed by atoms with Gasteiger partial charge in [-0.3, -0.25) is 15.0 Å². The van der Waals surface area contributed by atoms with Crippen molar-refractivity contribution in [1.82, 2.24) is 15.2 Å². The number of nitrogens with one attached hydrogen (secondary N) is 2. The maximum atomic E-state index is 13.5. The third-order valence-electron chi connectivity index (χ3n) is 7.21. The van der Waals surface area contributed by atoms with Gasteiger partial charge in [0.1, 0.15) is 0 Å². The van der Waals surface area contributed by atoms with Crippen LogP contribution < -0.4 is 10.7 Å². The van der Waals surface area contributed by atoms with Crippen LogP contribution in [-0.2, 0) is 16.0 Å². The molecule has 0 bridgehead atoms. The lowest BCUT2D eigenvalue weighted by atomic mass is 9.81. The normalized spacial score (nSPS) is 23.3. The van der Waals surface area contributed by atoms with Gasteiger partial charge in [-0.1, -0.05) is 72.6 Å². The van der Waals surface area contributed by atoms with Gasteiger partial charge in [-0.05, 0) is 50.3 Å². The fourth-order valence-electron chi connectivity index (χ4n) is 5.45. The number of thioether (sulfide) groups is 1. The van der Waals surface area contributed by atoms with E-state index in [1.165, 1.54) is 22.9 Å². The highest BCUT2D eigenvalue weighted by Crippen LogP contribution is 2.38. The van der Waals surface area contributed by atoms with Gasteiger partial charge in [0.2, 0.25) is 11.8 Å². The van der Waals surface area contributed by atoms with Crippen molar-refractivity contribution in [3.05, 3.63) is 65.2 Å². The van der Waals surface area contributed by atoms with Crippen LogP contribution in [0.1, 0.15) is 42.4 Å². The molecule has 3 aliphatic rings. The van der Waals surface area contributed by atoms with E-state index in [0.717, 1.165) is 48.5 Å². The van der Waals surface area contributed by atoms with Crippen molar-refractivity contribution in [2.75, 3.05) is 17.6 Å². The Morgan fingerprint density at radius 2 is 1.94 bits per heavy atom. The molecule has 7 nitrogen and oxygen atoms in total. The van der Waals surface area contributed by atoms with Crippen LogP contribution in [0.2, 0.25) is 0 Å². The van der Waals surface area contributed by atoms with Crippen LogP contribution in [0, 0.1) is 19.8 Å². The molecule has 0 radical (unpaired) electrons. The van der Waals surface area contributed by atoms with Crippen molar-refractivity contribution in [3.63, 3.8) is 0 Å². The Labute approximate surface area is 211 Å². The molecule has 1 aliphatic carbocycles. The second kappa shape index (κ2) is 10.3. The fraction of sp³-hybridized carbons (Fsp3) is 0.444. The van der Waals surface area contributed by atoms with Crippen molar-refractivity contribution in [3.8, 4) is 0 Å². The number of amides is 2. The predicted molar refractivity (Wildman–Crippen MR) is 141 cm³/mol. The monoisotopic (exact) mass is 491 g/mol. The van der Waals surface area contributed by atoms with E-state index in [9.17, 15) is 9.59 Å². The zero-order chi connectivity index (χ0) is 24.4. The average Bonchev–Trinajstić information content (AvgIpc) is 3.29. The zero-order valence-electron chi connectivity index (χ0n) is 20.4. The number of carbonyl (C=O) groups is 2. The first-order valence-corrected chi connectivity index (χ1v) is 13.5. The standard InChI is InChI=1S/C27H33N5O2S/c1-18-12-13-22(19(2)16-18)28-24(33)17-35-27-30-29-26-31(15-14-20-8-4-3-5-9-20)25(34)21-10-6-7-11-23(21)32(26)27/h3-5,8-9,12-13,16,21,23,26,29H,6-7,10-11,14-15,17H2,1-2H3,(H,28,33). The van der Waals surface area contributed by atoms with Crippen molar-refractivity contribution >= 4 is 34.4 Å². The van der Waals surface area contributed by atoms with Gasteiger partial charge in [0.05, 0.1) is 11.7 Å². The molecule has 2 aromatic rings. The number of fused-ring (bicyclic) bond motifs is 3. The van der Waals surface area contributed by atoms with Gasteiger partial charge in [-0.15, -0.1) is 0 Å². The van der Waals surface area contributed by atoms with E-state index >= 15 is 0 Å². The second-order valence-electron chi connectivity index (χ2n) is 9.69. The number of benzene rings is 2. The number of hydrogen-bond donors (Lipinski definition) is 2. The number of aryl methyl sites for hydroxylation is 2. The van der Waals surface area contributed by atoms with Crippen LogP contribution in [0.25, 0.3) is 0 Å². The summed E-state index contributed by atoms with van der Waals surface area (Å²) in [5.41, 5.74) is 7.50. The summed E-state index contributed by atoms with van der Waals surface area (Å²) in [4.78, 5) is 30.4. The number of carbonyl (C=O) groups excluding carboxylic acids is 2. The molecule has 1 saturated carbocycles. The molecule has 2 heterocycles. The van der Waals surface area contributed by atoms with E-state index < -0.39 is 0 Å².